The molecule has 16 heavy (non-hydrogen) atoms. The number of carbonyl (C=O) groups is 2. The number of nitrogens with two attached hydrogens (primary N) is 1. The van der Waals surface area contributed by atoms with E-state index in [9.17, 15) is 9.59 Å². The average Bonchev–Trinajstić information content (AvgIpc) is 2.26. The van der Waals surface area contributed by atoms with Gasteiger partial charge in [-0.05, 0) is 6.92 Å². The monoisotopic (exact) mass is 235 g/mol. The van der Waals surface area contributed by atoms with Crippen LogP contribution in [0.3, 0.4) is 0 Å². The molecule has 0 heterocycles. The summed E-state index contributed by atoms with van der Waals surface area (Å²) in [5.41, 5.74) is 5.09. The molecule has 0 fully saturated rings. The van der Waals surface area contributed by atoms with Crippen molar-refractivity contribution < 1.29 is 30.0 Å². The molecule has 0 radical (unpaired) electrons. The van der Waals surface area contributed by atoms with E-state index < -0.39 is 37.1 Å². The standard InChI is InChI=1S/C5H10O5.C4H7NO/c6-1-3(8)5(10)4(9)2-7;1-3(2)4(5)6/h3,5-8,10H,1-2H2;1H2,2H3,(H2,5,6)/t3-,5-;/m1./s1. The fourth-order valence-corrected chi connectivity index (χ4v) is 0.408. The van der Waals surface area contributed by atoms with Crippen molar-refractivity contribution in [1.29, 1.82) is 0 Å². The number of rotatable bonds is 5. The summed E-state index contributed by atoms with van der Waals surface area (Å²) < 4.78 is 0. The fraction of sp³-hybridized carbons (Fsp3) is 0.556. The number of Topliss-reactive ketones (excluding diaryl/α,β-unsaturated/α-hetero) is 1. The highest BCUT2D eigenvalue weighted by Gasteiger charge is 2.21. The Balaban J connectivity index is 0. The Morgan fingerprint density at radius 1 is 1.31 bits per heavy atom. The molecule has 94 valence electrons. The summed E-state index contributed by atoms with van der Waals surface area (Å²) in [7, 11) is 0. The van der Waals surface area contributed by atoms with Crippen molar-refractivity contribution in [3.8, 4) is 0 Å². The van der Waals surface area contributed by atoms with Crippen LogP contribution in [-0.4, -0.2) is 57.5 Å². The van der Waals surface area contributed by atoms with Crippen molar-refractivity contribution in [2.24, 2.45) is 5.73 Å². The molecule has 0 aliphatic rings. The lowest BCUT2D eigenvalue weighted by atomic mass is 10.1. The lowest BCUT2D eigenvalue weighted by Crippen LogP contribution is -2.37. The highest BCUT2D eigenvalue weighted by molar-refractivity contribution is 5.90. The molecule has 0 saturated heterocycles. The topological polar surface area (TPSA) is 141 Å². The van der Waals surface area contributed by atoms with E-state index in [1.807, 2.05) is 0 Å². The first-order chi connectivity index (χ1) is 7.27. The first-order valence-electron chi connectivity index (χ1n) is 4.33. The van der Waals surface area contributed by atoms with Gasteiger partial charge in [-0.25, -0.2) is 0 Å². The highest BCUT2D eigenvalue weighted by atomic mass is 16.4. The fourth-order valence-electron chi connectivity index (χ4n) is 0.408. The summed E-state index contributed by atoms with van der Waals surface area (Å²) in [4.78, 5) is 20.2. The first-order valence-corrected chi connectivity index (χ1v) is 4.33. The van der Waals surface area contributed by atoms with Crippen LogP contribution in [0.25, 0.3) is 0 Å². The maximum Gasteiger partial charge on any atom is 0.243 e. The minimum atomic E-state index is -1.69. The molecule has 0 aliphatic carbocycles. The zero-order valence-corrected chi connectivity index (χ0v) is 8.96. The molecular formula is C9H17NO6. The lowest BCUT2D eigenvalue weighted by molar-refractivity contribution is -0.137. The van der Waals surface area contributed by atoms with Crippen LogP contribution in [0.4, 0.5) is 0 Å². The number of primary amides is 1. The molecule has 7 heteroatoms. The van der Waals surface area contributed by atoms with Crippen LogP contribution < -0.4 is 5.73 Å². The molecule has 0 unspecified atom stereocenters. The minimum absolute atomic E-state index is 0.398. The van der Waals surface area contributed by atoms with Crippen molar-refractivity contribution >= 4 is 11.7 Å². The van der Waals surface area contributed by atoms with Crippen molar-refractivity contribution in [3.63, 3.8) is 0 Å². The second-order valence-electron chi connectivity index (χ2n) is 2.96. The third-order valence-electron chi connectivity index (χ3n) is 1.46. The molecule has 0 aromatic heterocycles. The number of hydrogen-bond acceptors (Lipinski definition) is 6. The number of aliphatic hydroxyl groups is 4. The highest BCUT2D eigenvalue weighted by Crippen LogP contribution is 1.92. The summed E-state index contributed by atoms with van der Waals surface area (Å²) in [6, 6.07) is 0. The average molecular weight is 235 g/mol. The number of carbonyl (C=O) groups excluding carboxylic acids is 2. The normalized spacial score (nSPS) is 13.1. The van der Waals surface area contributed by atoms with Gasteiger partial charge in [0.25, 0.3) is 0 Å². The Hall–Kier alpha value is -1.28. The van der Waals surface area contributed by atoms with Crippen LogP contribution in [-0.2, 0) is 9.59 Å². The predicted octanol–water partition coefficient (Wildman–Crippen LogP) is -2.69. The van der Waals surface area contributed by atoms with E-state index in [-0.39, 0.29) is 0 Å². The van der Waals surface area contributed by atoms with Crippen molar-refractivity contribution in [2.45, 2.75) is 19.1 Å². The SMILES string of the molecule is C=C(C)C(N)=O.O=C(CO)[C@H](O)[C@H](O)CO. The molecular weight excluding hydrogens is 218 g/mol. The summed E-state index contributed by atoms with van der Waals surface area (Å²) in [5, 5.41) is 33.6. The van der Waals surface area contributed by atoms with Gasteiger partial charge in [-0.3, -0.25) is 9.59 Å². The molecule has 0 bridgehead atoms. The van der Waals surface area contributed by atoms with Crippen molar-refractivity contribution in [2.75, 3.05) is 13.2 Å². The lowest BCUT2D eigenvalue weighted by Gasteiger charge is -2.11. The van der Waals surface area contributed by atoms with E-state index >= 15 is 0 Å². The molecule has 7 nitrogen and oxygen atoms in total. The Bertz CT molecular complexity index is 240. The predicted molar refractivity (Wildman–Crippen MR) is 55.2 cm³/mol. The largest absolute Gasteiger partial charge is 0.394 e. The summed E-state index contributed by atoms with van der Waals surface area (Å²) in [6.45, 7) is 3.32. The Kier molecular flexibility index (Phi) is 9.61. The van der Waals surface area contributed by atoms with Gasteiger partial charge in [0, 0.05) is 5.57 Å². The maximum absolute atomic E-state index is 10.3. The number of ketones is 1. The van der Waals surface area contributed by atoms with Gasteiger partial charge in [0.05, 0.1) is 6.61 Å². The smallest absolute Gasteiger partial charge is 0.243 e. The van der Waals surface area contributed by atoms with Gasteiger partial charge >= 0.3 is 0 Å². The molecule has 0 saturated carbocycles. The van der Waals surface area contributed by atoms with Crippen LogP contribution in [0.2, 0.25) is 0 Å². The zero-order valence-electron chi connectivity index (χ0n) is 8.96. The quantitative estimate of drug-likeness (QED) is 0.328. The van der Waals surface area contributed by atoms with Crippen molar-refractivity contribution in [3.05, 3.63) is 12.2 Å². The second kappa shape index (κ2) is 8.98. The second-order valence-corrected chi connectivity index (χ2v) is 2.96. The maximum atomic E-state index is 10.3. The summed E-state index contributed by atoms with van der Waals surface area (Å²) >= 11 is 0. The van der Waals surface area contributed by atoms with Gasteiger partial charge in [0.2, 0.25) is 5.91 Å². The van der Waals surface area contributed by atoms with Crippen LogP contribution in [0.15, 0.2) is 12.2 Å². The first kappa shape index (κ1) is 17.1. The zero-order chi connectivity index (χ0) is 13.3. The van der Waals surface area contributed by atoms with E-state index in [4.69, 9.17) is 26.2 Å². The van der Waals surface area contributed by atoms with Crippen molar-refractivity contribution in [1.82, 2.24) is 0 Å². The number of hydrogen-bond donors (Lipinski definition) is 5. The molecule has 0 spiro atoms. The third-order valence-corrected chi connectivity index (χ3v) is 1.46. The van der Waals surface area contributed by atoms with E-state index in [0.717, 1.165) is 0 Å². The summed E-state index contributed by atoms with van der Waals surface area (Å²) in [6.07, 6.45) is -3.19. The minimum Gasteiger partial charge on any atom is -0.394 e. The van der Waals surface area contributed by atoms with Gasteiger partial charge in [-0.2, -0.15) is 0 Å². The van der Waals surface area contributed by atoms with Crippen LogP contribution in [0, 0.1) is 0 Å². The van der Waals surface area contributed by atoms with Crippen LogP contribution >= 0.6 is 0 Å². The molecule has 0 aliphatic heterocycles. The van der Waals surface area contributed by atoms with E-state index in [1.54, 1.807) is 6.92 Å². The molecule has 0 rings (SSSR count). The van der Waals surface area contributed by atoms with Gasteiger partial charge < -0.3 is 26.2 Å². The molecule has 6 N–H and O–H groups in total. The molecule has 0 aromatic rings. The Morgan fingerprint density at radius 2 is 1.69 bits per heavy atom. The molecule has 1 amide bonds. The summed E-state index contributed by atoms with van der Waals surface area (Å²) in [5.74, 6) is -1.34. The van der Waals surface area contributed by atoms with Gasteiger partial charge in [-0.15, -0.1) is 0 Å². The number of aliphatic hydroxyl groups excluding tert-OH is 4. The third kappa shape index (κ3) is 8.06. The van der Waals surface area contributed by atoms with E-state index in [2.05, 4.69) is 6.58 Å². The Morgan fingerprint density at radius 3 is 1.88 bits per heavy atom. The van der Waals surface area contributed by atoms with Gasteiger partial charge in [0.15, 0.2) is 5.78 Å². The van der Waals surface area contributed by atoms with E-state index in [0.29, 0.717) is 5.57 Å². The van der Waals surface area contributed by atoms with Gasteiger partial charge in [-0.1, -0.05) is 6.58 Å². The van der Waals surface area contributed by atoms with E-state index in [1.165, 1.54) is 0 Å². The number of amides is 1. The Labute approximate surface area is 92.8 Å². The molecule has 2 atom stereocenters. The van der Waals surface area contributed by atoms with Crippen LogP contribution in [0.5, 0.6) is 0 Å². The molecule has 0 aromatic carbocycles. The van der Waals surface area contributed by atoms with Gasteiger partial charge in [0.1, 0.15) is 18.8 Å². The van der Waals surface area contributed by atoms with Crippen LogP contribution in [0.1, 0.15) is 6.92 Å².